The monoisotopic (exact) mass is 418 g/mol. The second-order valence-electron chi connectivity index (χ2n) is 6.19. The molecule has 3 aromatic rings. The van der Waals surface area contributed by atoms with Gasteiger partial charge in [0.1, 0.15) is 12.3 Å². The molecular weight excluding hydrogens is 402 g/mol. The van der Waals surface area contributed by atoms with Gasteiger partial charge in [0.2, 0.25) is 0 Å². The molecule has 29 heavy (non-hydrogen) atoms. The van der Waals surface area contributed by atoms with E-state index >= 15 is 0 Å². The van der Waals surface area contributed by atoms with Gasteiger partial charge in [-0.25, -0.2) is 18.6 Å². The fourth-order valence-corrected chi connectivity index (χ4v) is 2.96. The van der Waals surface area contributed by atoms with Crippen LogP contribution in [0, 0.1) is 18.6 Å². The van der Waals surface area contributed by atoms with E-state index in [4.69, 9.17) is 26.8 Å². The number of nitrogens with zero attached hydrogens (tertiary/aromatic N) is 1. The number of anilines is 1. The molecule has 0 bridgehead atoms. The van der Waals surface area contributed by atoms with Gasteiger partial charge in [-0.05, 0) is 24.1 Å². The van der Waals surface area contributed by atoms with Crippen molar-refractivity contribution >= 4 is 23.3 Å². The molecule has 0 fully saturated rings. The molecule has 0 atom stereocenters. The molecule has 5 nitrogen and oxygen atoms in total. The lowest BCUT2D eigenvalue weighted by atomic mass is 10.1. The molecular formula is C21H17ClF2N2O3. The lowest BCUT2D eigenvalue weighted by molar-refractivity contribution is 0.0466. The number of pyridine rings is 1. The van der Waals surface area contributed by atoms with Gasteiger partial charge >= 0.3 is 5.97 Å². The number of benzene rings is 2. The Bertz CT molecular complexity index is 1080. The highest BCUT2D eigenvalue weighted by molar-refractivity contribution is 6.35. The van der Waals surface area contributed by atoms with Crippen molar-refractivity contribution in [3.8, 4) is 17.0 Å². The van der Waals surface area contributed by atoms with Crippen LogP contribution in [-0.2, 0) is 11.3 Å². The number of ether oxygens (including phenoxy) is 2. The van der Waals surface area contributed by atoms with Crippen LogP contribution in [0.2, 0.25) is 5.02 Å². The highest BCUT2D eigenvalue weighted by Gasteiger charge is 2.26. The predicted octanol–water partition coefficient (Wildman–Crippen LogP) is 4.94. The molecule has 0 spiro atoms. The van der Waals surface area contributed by atoms with Gasteiger partial charge in [-0.15, -0.1) is 0 Å². The highest BCUT2D eigenvalue weighted by atomic mass is 35.5. The van der Waals surface area contributed by atoms with Crippen LogP contribution >= 0.6 is 11.6 Å². The maximum absolute atomic E-state index is 14.8. The smallest absolute Gasteiger partial charge is 0.358 e. The van der Waals surface area contributed by atoms with Crippen molar-refractivity contribution in [3.05, 3.63) is 75.9 Å². The maximum Gasteiger partial charge on any atom is 0.358 e. The Morgan fingerprint density at radius 3 is 2.48 bits per heavy atom. The van der Waals surface area contributed by atoms with Crippen molar-refractivity contribution in [2.75, 3.05) is 12.8 Å². The van der Waals surface area contributed by atoms with E-state index in [0.29, 0.717) is 5.56 Å². The zero-order valence-corrected chi connectivity index (χ0v) is 16.4. The van der Waals surface area contributed by atoms with Gasteiger partial charge in [0.25, 0.3) is 0 Å². The van der Waals surface area contributed by atoms with E-state index in [1.54, 1.807) is 31.2 Å². The van der Waals surface area contributed by atoms with Gasteiger partial charge in [0, 0.05) is 5.56 Å². The quantitative estimate of drug-likeness (QED) is 0.594. The zero-order chi connectivity index (χ0) is 21.1. The molecule has 1 heterocycles. The van der Waals surface area contributed by atoms with Crippen molar-refractivity contribution < 1.29 is 23.0 Å². The third kappa shape index (κ3) is 4.00. The number of methoxy groups -OCH3 is 1. The Morgan fingerprint density at radius 2 is 1.83 bits per heavy atom. The Morgan fingerprint density at radius 1 is 1.14 bits per heavy atom. The third-order valence-corrected chi connectivity index (χ3v) is 4.65. The van der Waals surface area contributed by atoms with Crippen LogP contribution in [0.3, 0.4) is 0 Å². The first kappa shape index (κ1) is 20.5. The van der Waals surface area contributed by atoms with Gasteiger partial charge in [-0.3, -0.25) is 0 Å². The van der Waals surface area contributed by atoms with E-state index in [-0.39, 0.29) is 17.9 Å². The molecule has 0 saturated carbocycles. The van der Waals surface area contributed by atoms with E-state index in [0.717, 1.165) is 5.56 Å². The fourth-order valence-electron chi connectivity index (χ4n) is 2.75. The Kier molecular flexibility index (Phi) is 5.98. The summed E-state index contributed by atoms with van der Waals surface area (Å²) in [6, 6.07) is 11.8. The number of esters is 1. The summed E-state index contributed by atoms with van der Waals surface area (Å²) in [7, 11) is 1.29. The number of carbonyl (C=O) groups is 1. The van der Waals surface area contributed by atoms with E-state index in [2.05, 4.69) is 4.98 Å². The largest absolute Gasteiger partial charge is 0.493 e. The van der Waals surface area contributed by atoms with Crippen molar-refractivity contribution in [3.63, 3.8) is 0 Å². The minimum absolute atomic E-state index is 0.0446. The SMILES string of the molecule is COc1c(C)ccc(-c2nc(C(=O)OCc3ccccc3)c(Cl)c(N)c2F)c1F. The summed E-state index contributed by atoms with van der Waals surface area (Å²) in [4.78, 5) is 16.4. The number of carbonyl (C=O) groups excluding carboxylic acids is 1. The Labute approximate surface area is 171 Å². The minimum atomic E-state index is -1.04. The number of rotatable bonds is 5. The number of nitrogen functional groups attached to an aromatic ring is 1. The Balaban J connectivity index is 2.03. The molecule has 0 radical (unpaired) electrons. The number of nitrogens with two attached hydrogens (primary N) is 1. The van der Waals surface area contributed by atoms with Crippen LogP contribution in [-0.4, -0.2) is 18.1 Å². The molecule has 0 saturated heterocycles. The van der Waals surface area contributed by atoms with Crippen molar-refractivity contribution in [1.82, 2.24) is 4.98 Å². The summed E-state index contributed by atoms with van der Waals surface area (Å²) in [6.45, 7) is 1.59. The molecule has 2 N–H and O–H groups in total. The minimum Gasteiger partial charge on any atom is -0.493 e. The lowest BCUT2D eigenvalue weighted by Gasteiger charge is -2.14. The molecule has 150 valence electrons. The van der Waals surface area contributed by atoms with Crippen LogP contribution in [0.15, 0.2) is 42.5 Å². The summed E-state index contributed by atoms with van der Waals surface area (Å²) >= 11 is 6.01. The molecule has 0 amide bonds. The van der Waals surface area contributed by atoms with Crippen LogP contribution in [0.5, 0.6) is 5.75 Å². The number of halogens is 3. The number of hydrogen-bond donors (Lipinski definition) is 1. The molecule has 0 aliphatic heterocycles. The third-order valence-electron chi connectivity index (χ3n) is 4.27. The van der Waals surface area contributed by atoms with Crippen molar-refractivity contribution in [1.29, 1.82) is 0 Å². The van der Waals surface area contributed by atoms with Gasteiger partial charge in [0.15, 0.2) is 23.1 Å². The molecule has 1 aromatic heterocycles. The summed E-state index contributed by atoms with van der Waals surface area (Å²) in [5.74, 6) is -2.85. The standard InChI is InChI=1S/C21H17ClF2N2O3/c1-11-8-9-13(15(23)20(11)28-2)18-16(24)17(25)14(22)19(26-18)21(27)29-10-12-6-4-3-5-7-12/h3-9H,10H2,1-2H3,(H2,25,26). The average Bonchev–Trinajstić information content (AvgIpc) is 2.72. The van der Waals surface area contributed by atoms with E-state index in [1.165, 1.54) is 19.2 Å². The Hall–Kier alpha value is -3.19. The average molecular weight is 419 g/mol. The van der Waals surface area contributed by atoms with Gasteiger partial charge in [0.05, 0.1) is 17.8 Å². The van der Waals surface area contributed by atoms with Gasteiger partial charge < -0.3 is 15.2 Å². The summed E-state index contributed by atoms with van der Waals surface area (Å²) in [6.07, 6.45) is 0. The highest BCUT2D eigenvalue weighted by Crippen LogP contribution is 2.36. The lowest BCUT2D eigenvalue weighted by Crippen LogP contribution is -2.12. The summed E-state index contributed by atoms with van der Waals surface area (Å²) in [5.41, 5.74) is 5.34. The molecule has 0 unspecified atom stereocenters. The van der Waals surface area contributed by atoms with Crippen molar-refractivity contribution in [2.24, 2.45) is 0 Å². The number of aryl methyl sites for hydroxylation is 1. The van der Waals surface area contributed by atoms with Crippen LogP contribution in [0.1, 0.15) is 21.6 Å². The number of hydrogen-bond acceptors (Lipinski definition) is 5. The van der Waals surface area contributed by atoms with Crippen LogP contribution in [0.25, 0.3) is 11.3 Å². The molecule has 2 aromatic carbocycles. The van der Waals surface area contributed by atoms with E-state index in [9.17, 15) is 13.6 Å². The predicted molar refractivity (Wildman–Crippen MR) is 106 cm³/mol. The first-order valence-electron chi connectivity index (χ1n) is 8.54. The van der Waals surface area contributed by atoms with Crippen LogP contribution < -0.4 is 10.5 Å². The second kappa shape index (κ2) is 8.45. The first-order valence-corrected chi connectivity index (χ1v) is 8.92. The second-order valence-corrected chi connectivity index (χ2v) is 6.57. The molecule has 3 rings (SSSR count). The first-order chi connectivity index (χ1) is 13.8. The molecule has 0 aliphatic carbocycles. The van der Waals surface area contributed by atoms with Gasteiger partial charge in [-0.2, -0.15) is 0 Å². The van der Waals surface area contributed by atoms with Crippen LogP contribution in [0.4, 0.5) is 14.5 Å². The van der Waals surface area contributed by atoms with Gasteiger partial charge in [-0.1, -0.05) is 48.0 Å². The van der Waals surface area contributed by atoms with E-state index < -0.39 is 39.7 Å². The topological polar surface area (TPSA) is 74.4 Å². The maximum atomic E-state index is 14.8. The summed E-state index contributed by atoms with van der Waals surface area (Å²) < 4.78 is 39.8. The summed E-state index contributed by atoms with van der Waals surface area (Å²) in [5, 5.41) is -0.399. The van der Waals surface area contributed by atoms with Crippen molar-refractivity contribution in [2.45, 2.75) is 13.5 Å². The molecule has 8 heteroatoms. The normalized spacial score (nSPS) is 10.7. The molecule has 0 aliphatic rings. The zero-order valence-electron chi connectivity index (χ0n) is 15.6. The fraction of sp³-hybridized carbons (Fsp3) is 0.143. The number of aromatic nitrogens is 1. The van der Waals surface area contributed by atoms with E-state index in [1.807, 2.05) is 6.07 Å².